The van der Waals surface area contributed by atoms with Crippen molar-refractivity contribution in [1.29, 1.82) is 0 Å². The van der Waals surface area contributed by atoms with E-state index in [0.29, 0.717) is 30.2 Å². The quantitative estimate of drug-likeness (QED) is 0.642. The van der Waals surface area contributed by atoms with Gasteiger partial charge in [-0.25, -0.2) is 8.42 Å². The SMILES string of the molecule is Cc1cc(Cl)ccc1NC(=O)c1cccc(S(=O)(=O)N2CCc3ccccc3C2)c1. The Hall–Kier alpha value is -2.67. The summed E-state index contributed by atoms with van der Waals surface area (Å²) in [5.41, 5.74) is 3.93. The highest BCUT2D eigenvalue weighted by molar-refractivity contribution is 7.89. The van der Waals surface area contributed by atoms with E-state index < -0.39 is 10.0 Å². The molecule has 4 rings (SSSR count). The number of rotatable bonds is 4. The molecule has 0 bridgehead atoms. The molecule has 3 aromatic rings. The van der Waals surface area contributed by atoms with Crippen LogP contribution in [0.4, 0.5) is 5.69 Å². The Morgan fingerprint density at radius 3 is 2.53 bits per heavy atom. The summed E-state index contributed by atoms with van der Waals surface area (Å²) in [5.74, 6) is -0.374. The Labute approximate surface area is 181 Å². The van der Waals surface area contributed by atoms with E-state index in [-0.39, 0.29) is 16.4 Å². The minimum Gasteiger partial charge on any atom is -0.322 e. The Kier molecular flexibility index (Phi) is 5.64. The monoisotopic (exact) mass is 440 g/mol. The third-order valence-electron chi connectivity index (χ3n) is 5.27. The second-order valence-electron chi connectivity index (χ2n) is 7.30. The van der Waals surface area contributed by atoms with Crippen LogP contribution < -0.4 is 5.32 Å². The molecule has 0 atom stereocenters. The van der Waals surface area contributed by atoms with Crippen LogP contribution in [0.2, 0.25) is 5.02 Å². The van der Waals surface area contributed by atoms with E-state index in [2.05, 4.69) is 5.32 Å². The van der Waals surface area contributed by atoms with E-state index in [1.807, 2.05) is 31.2 Å². The van der Waals surface area contributed by atoms with Crippen molar-refractivity contribution < 1.29 is 13.2 Å². The summed E-state index contributed by atoms with van der Waals surface area (Å²) < 4.78 is 27.9. The molecule has 3 aromatic carbocycles. The van der Waals surface area contributed by atoms with Gasteiger partial charge in [0.25, 0.3) is 5.91 Å². The number of aryl methyl sites for hydroxylation is 1. The minimum atomic E-state index is -3.71. The third kappa shape index (κ3) is 4.12. The van der Waals surface area contributed by atoms with E-state index in [1.165, 1.54) is 22.0 Å². The van der Waals surface area contributed by atoms with Gasteiger partial charge in [0.1, 0.15) is 0 Å². The zero-order chi connectivity index (χ0) is 21.3. The Morgan fingerprint density at radius 1 is 1.00 bits per heavy atom. The molecule has 1 heterocycles. The molecule has 1 N–H and O–H groups in total. The summed E-state index contributed by atoms with van der Waals surface area (Å²) >= 11 is 5.96. The molecule has 7 heteroatoms. The summed E-state index contributed by atoms with van der Waals surface area (Å²) in [6.45, 7) is 2.59. The number of carbonyl (C=O) groups excluding carboxylic acids is 1. The first-order chi connectivity index (χ1) is 14.3. The van der Waals surface area contributed by atoms with Crippen LogP contribution in [0, 0.1) is 6.92 Å². The zero-order valence-corrected chi connectivity index (χ0v) is 18.0. The van der Waals surface area contributed by atoms with Gasteiger partial charge in [0.2, 0.25) is 10.0 Å². The molecule has 0 spiro atoms. The van der Waals surface area contributed by atoms with Gasteiger partial charge in [-0.05, 0) is 66.4 Å². The van der Waals surface area contributed by atoms with Gasteiger partial charge in [-0.1, -0.05) is 41.9 Å². The summed E-state index contributed by atoms with van der Waals surface area (Å²) in [6, 6.07) is 19.2. The maximum absolute atomic E-state index is 13.2. The molecule has 0 unspecified atom stereocenters. The van der Waals surface area contributed by atoms with Crippen LogP contribution in [0.1, 0.15) is 27.0 Å². The van der Waals surface area contributed by atoms with Crippen LogP contribution >= 0.6 is 11.6 Å². The summed E-state index contributed by atoms with van der Waals surface area (Å²) in [7, 11) is -3.71. The molecule has 5 nitrogen and oxygen atoms in total. The van der Waals surface area contributed by atoms with Gasteiger partial charge in [-0.2, -0.15) is 4.31 Å². The fourth-order valence-electron chi connectivity index (χ4n) is 3.58. The van der Waals surface area contributed by atoms with Gasteiger partial charge in [-0.15, -0.1) is 0 Å². The number of carbonyl (C=O) groups is 1. The maximum atomic E-state index is 13.2. The van der Waals surface area contributed by atoms with Crippen molar-refractivity contribution in [2.75, 3.05) is 11.9 Å². The summed E-state index contributed by atoms with van der Waals surface area (Å²) in [6.07, 6.45) is 0.672. The molecule has 1 aliphatic heterocycles. The molecule has 0 radical (unpaired) electrons. The molecule has 30 heavy (non-hydrogen) atoms. The number of hydrogen-bond acceptors (Lipinski definition) is 3. The maximum Gasteiger partial charge on any atom is 0.255 e. The predicted octanol–water partition coefficient (Wildman–Crippen LogP) is 4.65. The van der Waals surface area contributed by atoms with E-state index in [1.54, 1.807) is 30.3 Å². The first-order valence-corrected chi connectivity index (χ1v) is 11.4. The standard InChI is InChI=1S/C23H21ClN2O3S/c1-16-13-20(24)9-10-22(16)25-23(27)18-7-4-8-21(14-18)30(28,29)26-12-11-17-5-2-3-6-19(17)15-26/h2-10,13-14H,11-12,15H2,1H3,(H,25,27). The topological polar surface area (TPSA) is 66.5 Å². The number of nitrogens with one attached hydrogen (secondary N) is 1. The molecule has 0 fully saturated rings. The van der Waals surface area contributed by atoms with Crippen LogP contribution in [0.25, 0.3) is 0 Å². The molecular formula is C23H21ClN2O3S. The van der Waals surface area contributed by atoms with Crippen molar-refractivity contribution in [1.82, 2.24) is 4.31 Å². The number of nitrogens with zero attached hydrogens (tertiary/aromatic N) is 1. The largest absolute Gasteiger partial charge is 0.322 e. The molecule has 1 aliphatic rings. The lowest BCUT2D eigenvalue weighted by molar-refractivity contribution is 0.102. The fraction of sp³-hybridized carbons (Fsp3) is 0.174. The highest BCUT2D eigenvalue weighted by Crippen LogP contribution is 2.26. The second kappa shape index (κ2) is 8.22. The number of fused-ring (bicyclic) bond motifs is 1. The highest BCUT2D eigenvalue weighted by atomic mass is 35.5. The highest BCUT2D eigenvalue weighted by Gasteiger charge is 2.28. The van der Waals surface area contributed by atoms with Crippen LogP contribution in [-0.2, 0) is 23.0 Å². The van der Waals surface area contributed by atoms with Gasteiger partial charge in [0.15, 0.2) is 0 Å². The average molecular weight is 441 g/mol. The molecular weight excluding hydrogens is 420 g/mol. The molecule has 154 valence electrons. The molecule has 1 amide bonds. The minimum absolute atomic E-state index is 0.113. The van der Waals surface area contributed by atoms with Crippen molar-refractivity contribution in [2.24, 2.45) is 0 Å². The number of halogens is 1. The van der Waals surface area contributed by atoms with Gasteiger partial charge >= 0.3 is 0 Å². The van der Waals surface area contributed by atoms with Gasteiger partial charge < -0.3 is 5.32 Å². The van der Waals surface area contributed by atoms with E-state index in [9.17, 15) is 13.2 Å². The zero-order valence-electron chi connectivity index (χ0n) is 16.4. The number of sulfonamides is 1. The summed E-state index contributed by atoms with van der Waals surface area (Å²) in [5, 5.41) is 3.40. The van der Waals surface area contributed by atoms with Gasteiger partial charge in [-0.3, -0.25) is 4.79 Å². The van der Waals surface area contributed by atoms with Crippen LogP contribution in [-0.4, -0.2) is 25.2 Å². The normalized spacial score (nSPS) is 14.2. The van der Waals surface area contributed by atoms with Crippen molar-refractivity contribution in [2.45, 2.75) is 24.8 Å². The third-order valence-corrected chi connectivity index (χ3v) is 7.34. The fourth-order valence-corrected chi connectivity index (χ4v) is 5.28. The van der Waals surface area contributed by atoms with E-state index >= 15 is 0 Å². The van der Waals surface area contributed by atoms with Crippen LogP contribution in [0.15, 0.2) is 71.6 Å². The van der Waals surface area contributed by atoms with E-state index in [0.717, 1.165) is 11.1 Å². The van der Waals surface area contributed by atoms with Crippen molar-refractivity contribution in [3.63, 3.8) is 0 Å². The van der Waals surface area contributed by atoms with Crippen molar-refractivity contribution in [3.05, 3.63) is 94.0 Å². The number of amides is 1. The van der Waals surface area contributed by atoms with Crippen molar-refractivity contribution in [3.8, 4) is 0 Å². The van der Waals surface area contributed by atoms with Crippen LogP contribution in [0.5, 0.6) is 0 Å². The molecule has 0 aromatic heterocycles. The smallest absolute Gasteiger partial charge is 0.255 e. The first kappa shape index (κ1) is 20.6. The number of benzene rings is 3. The number of anilines is 1. The second-order valence-corrected chi connectivity index (χ2v) is 9.67. The van der Waals surface area contributed by atoms with Gasteiger partial charge in [0, 0.05) is 29.4 Å². The Morgan fingerprint density at radius 2 is 1.77 bits per heavy atom. The van der Waals surface area contributed by atoms with E-state index in [4.69, 9.17) is 11.6 Å². The average Bonchev–Trinajstić information content (AvgIpc) is 2.75. The molecule has 0 saturated heterocycles. The lowest BCUT2D eigenvalue weighted by Gasteiger charge is -2.28. The Balaban J connectivity index is 1.57. The first-order valence-electron chi connectivity index (χ1n) is 9.59. The van der Waals surface area contributed by atoms with Crippen LogP contribution in [0.3, 0.4) is 0 Å². The predicted molar refractivity (Wildman–Crippen MR) is 118 cm³/mol. The van der Waals surface area contributed by atoms with Gasteiger partial charge in [0.05, 0.1) is 4.90 Å². The lowest BCUT2D eigenvalue weighted by Crippen LogP contribution is -2.36. The Bertz CT molecular complexity index is 1220. The van der Waals surface area contributed by atoms with Crippen molar-refractivity contribution >= 4 is 33.2 Å². The summed E-state index contributed by atoms with van der Waals surface area (Å²) in [4.78, 5) is 12.8. The molecule has 0 saturated carbocycles. The lowest BCUT2D eigenvalue weighted by atomic mass is 10.0. The molecule has 0 aliphatic carbocycles. The number of hydrogen-bond donors (Lipinski definition) is 1.